The number of benzene rings is 1. The number of nitrogens with zero attached hydrogens (tertiary/aromatic N) is 4. The molecule has 3 heterocycles. The van der Waals surface area contributed by atoms with Crippen molar-refractivity contribution in [1.82, 2.24) is 25.0 Å². The molecule has 0 bridgehead atoms. The molecule has 0 spiro atoms. The predicted molar refractivity (Wildman–Crippen MR) is 129 cm³/mol. The van der Waals surface area contributed by atoms with E-state index in [1.807, 2.05) is 44.2 Å². The molecule has 1 fully saturated rings. The first kappa shape index (κ1) is 22.5. The van der Waals surface area contributed by atoms with Gasteiger partial charge in [0.25, 0.3) is 5.91 Å². The SMILES string of the molecule is Cc1nn(C(C)C)c(C)c1CN1CC[C@@H](c2cc(C(=O)NC(C)C)c3ccccc3n2)C1. The summed E-state index contributed by atoms with van der Waals surface area (Å²) in [6, 6.07) is 10.4. The number of amides is 1. The number of carbonyl (C=O) groups excluding carboxylic acids is 1. The summed E-state index contributed by atoms with van der Waals surface area (Å²) in [5.41, 5.74) is 6.35. The molecular formula is C26H35N5O. The lowest BCUT2D eigenvalue weighted by molar-refractivity contribution is 0.0944. The van der Waals surface area contributed by atoms with Crippen molar-refractivity contribution in [2.75, 3.05) is 13.1 Å². The van der Waals surface area contributed by atoms with Crippen LogP contribution in [0.2, 0.25) is 0 Å². The first-order valence-corrected chi connectivity index (χ1v) is 11.7. The number of likely N-dealkylation sites (tertiary alicyclic amines) is 1. The molecule has 0 aliphatic carbocycles. The van der Waals surface area contributed by atoms with Crippen LogP contribution in [0.25, 0.3) is 10.9 Å². The molecule has 6 nitrogen and oxygen atoms in total. The molecule has 170 valence electrons. The van der Waals surface area contributed by atoms with Crippen LogP contribution in [0.3, 0.4) is 0 Å². The van der Waals surface area contributed by atoms with Gasteiger partial charge in [-0.3, -0.25) is 19.4 Å². The van der Waals surface area contributed by atoms with Crippen molar-refractivity contribution in [2.24, 2.45) is 0 Å². The molecule has 6 heteroatoms. The summed E-state index contributed by atoms with van der Waals surface area (Å²) in [6.45, 7) is 15.5. The number of pyridine rings is 1. The largest absolute Gasteiger partial charge is 0.350 e. The quantitative estimate of drug-likeness (QED) is 0.609. The molecule has 0 saturated carbocycles. The number of aryl methyl sites for hydroxylation is 1. The molecule has 32 heavy (non-hydrogen) atoms. The number of hydrogen-bond acceptors (Lipinski definition) is 4. The van der Waals surface area contributed by atoms with Gasteiger partial charge in [-0.2, -0.15) is 5.10 Å². The van der Waals surface area contributed by atoms with Gasteiger partial charge < -0.3 is 5.32 Å². The van der Waals surface area contributed by atoms with E-state index < -0.39 is 0 Å². The molecular weight excluding hydrogens is 398 g/mol. The van der Waals surface area contributed by atoms with Crippen molar-refractivity contribution >= 4 is 16.8 Å². The van der Waals surface area contributed by atoms with Gasteiger partial charge in [-0.15, -0.1) is 0 Å². The molecule has 1 aliphatic heterocycles. The third-order valence-corrected chi connectivity index (χ3v) is 6.44. The van der Waals surface area contributed by atoms with E-state index in [0.717, 1.165) is 53.9 Å². The zero-order valence-corrected chi connectivity index (χ0v) is 20.1. The standard InChI is InChI=1S/C26H35N5O/c1-16(2)27-26(32)22-13-25(28-24-10-8-7-9-21(22)24)20-11-12-30(14-20)15-23-18(5)29-31(17(3)4)19(23)6/h7-10,13,16-17,20H,11-12,14-15H2,1-6H3,(H,27,32)/t20-/m1/s1. The second-order valence-corrected chi connectivity index (χ2v) is 9.65. The molecule has 3 aromatic rings. The van der Waals surface area contributed by atoms with Crippen LogP contribution >= 0.6 is 0 Å². The maximum absolute atomic E-state index is 12.9. The molecule has 1 atom stereocenters. The normalized spacial score (nSPS) is 17.1. The summed E-state index contributed by atoms with van der Waals surface area (Å²) in [5, 5.41) is 8.71. The maximum atomic E-state index is 12.9. The average Bonchev–Trinajstić information content (AvgIpc) is 3.32. The predicted octanol–water partition coefficient (Wildman–Crippen LogP) is 4.76. The third kappa shape index (κ3) is 4.42. The van der Waals surface area contributed by atoms with Crippen LogP contribution in [0.4, 0.5) is 0 Å². The highest BCUT2D eigenvalue weighted by molar-refractivity contribution is 6.06. The Balaban J connectivity index is 1.58. The van der Waals surface area contributed by atoms with Gasteiger partial charge in [-0.05, 0) is 66.6 Å². The average molecular weight is 434 g/mol. The van der Waals surface area contributed by atoms with Crippen LogP contribution in [-0.2, 0) is 6.54 Å². The Labute approximate surface area is 191 Å². The minimum Gasteiger partial charge on any atom is -0.350 e. The zero-order chi connectivity index (χ0) is 23.0. The van der Waals surface area contributed by atoms with Gasteiger partial charge in [-0.1, -0.05) is 18.2 Å². The van der Waals surface area contributed by atoms with Crippen molar-refractivity contribution in [2.45, 2.75) is 72.5 Å². The lowest BCUT2D eigenvalue weighted by atomic mass is 9.99. The van der Waals surface area contributed by atoms with E-state index in [0.29, 0.717) is 12.0 Å². The fourth-order valence-corrected chi connectivity index (χ4v) is 4.80. The van der Waals surface area contributed by atoms with E-state index in [1.165, 1.54) is 11.3 Å². The minimum atomic E-state index is -0.0259. The zero-order valence-electron chi connectivity index (χ0n) is 20.1. The fraction of sp³-hybridized carbons (Fsp3) is 0.500. The molecule has 1 N–H and O–H groups in total. The van der Waals surface area contributed by atoms with Gasteiger partial charge >= 0.3 is 0 Å². The summed E-state index contributed by atoms with van der Waals surface area (Å²) in [5.74, 6) is 0.299. The summed E-state index contributed by atoms with van der Waals surface area (Å²) in [4.78, 5) is 20.4. The number of hydrogen-bond donors (Lipinski definition) is 1. The second kappa shape index (κ2) is 9.02. The number of aromatic nitrogens is 3. The lowest BCUT2D eigenvalue weighted by Gasteiger charge is -2.18. The van der Waals surface area contributed by atoms with Crippen molar-refractivity contribution in [1.29, 1.82) is 0 Å². The van der Waals surface area contributed by atoms with Crippen LogP contribution in [-0.4, -0.2) is 44.7 Å². The Morgan fingerprint density at radius 3 is 2.62 bits per heavy atom. The molecule has 1 aromatic carbocycles. The van der Waals surface area contributed by atoms with E-state index in [9.17, 15) is 4.79 Å². The van der Waals surface area contributed by atoms with E-state index in [2.05, 4.69) is 42.6 Å². The highest BCUT2D eigenvalue weighted by Crippen LogP contribution is 2.31. The number of rotatable bonds is 6. The summed E-state index contributed by atoms with van der Waals surface area (Å²) in [6.07, 6.45) is 1.05. The van der Waals surface area contributed by atoms with Crippen LogP contribution in [0, 0.1) is 13.8 Å². The topological polar surface area (TPSA) is 63.1 Å². The van der Waals surface area contributed by atoms with Crippen molar-refractivity contribution in [3.05, 3.63) is 58.5 Å². The monoisotopic (exact) mass is 433 g/mol. The Hall–Kier alpha value is -2.73. The van der Waals surface area contributed by atoms with Gasteiger partial charge in [0.1, 0.15) is 0 Å². The maximum Gasteiger partial charge on any atom is 0.252 e. The molecule has 1 amide bonds. The van der Waals surface area contributed by atoms with Crippen LogP contribution in [0.15, 0.2) is 30.3 Å². The van der Waals surface area contributed by atoms with E-state index in [4.69, 9.17) is 10.1 Å². The highest BCUT2D eigenvalue weighted by Gasteiger charge is 2.28. The fourth-order valence-electron chi connectivity index (χ4n) is 4.80. The summed E-state index contributed by atoms with van der Waals surface area (Å²) >= 11 is 0. The van der Waals surface area contributed by atoms with E-state index in [1.54, 1.807) is 0 Å². The highest BCUT2D eigenvalue weighted by atomic mass is 16.1. The number of carbonyl (C=O) groups is 1. The number of para-hydroxylation sites is 1. The Kier molecular flexibility index (Phi) is 6.33. The summed E-state index contributed by atoms with van der Waals surface area (Å²) in [7, 11) is 0. The number of fused-ring (bicyclic) bond motifs is 1. The Morgan fingerprint density at radius 2 is 1.94 bits per heavy atom. The smallest absolute Gasteiger partial charge is 0.252 e. The molecule has 1 aliphatic rings. The van der Waals surface area contributed by atoms with Crippen LogP contribution in [0.5, 0.6) is 0 Å². The molecule has 0 unspecified atom stereocenters. The Bertz CT molecular complexity index is 1130. The third-order valence-electron chi connectivity index (χ3n) is 6.44. The molecule has 1 saturated heterocycles. The van der Waals surface area contributed by atoms with Gasteiger partial charge in [0.2, 0.25) is 0 Å². The van der Waals surface area contributed by atoms with Gasteiger partial charge in [0.05, 0.1) is 16.8 Å². The van der Waals surface area contributed by atoms with E-state index >= 15 is 0 Å². The van der Waals surface area contributed by atoms with Gasteiger partial charge in [0.15, 0.2) is 0 Å². The minimum absolute atomic E-state index is 0.0259. The number of nitrogens with one attached hydrogen (secondary N) is 1. The first-order valence-electron chi connectivity index (χ1n) is 11.7. The van der Waals surface area contributed by atoms with Crippen molar-refractivity contribution in [3.63, 3.8) is 0 Å². The Morgan fingerprint density at radius 1 is 1.19 bits per heavy atom. The van der Waals surface area contributed by atoms with Crippen LogP contribution < -0.4 is 5.32 Å². The van der Waals surface area contributed by atoms with Gasteiger partial charge in [-0.25, -0.2) is 0 Å². The van der Waals surface area contributed by atoms with Crippen molar-refractivity contribution in [3.8, 4) is 0 Å². The molecule has 4 rings (SSSR count). The van der Waals surface area contributed by atoms with Crippen molar-refractivity contribution < 1.29 is 4.79 Å². The second-order valence-electron chi connectivity index (χ2n) is 9.65. The van der Waals surface area contributed by atoms with E-state index in [-0.39, 0.29) is 11.9 Å². The first-order chi connectivity index (χ1) is 15.2. The van der Waals surface area contributed by atoms with Crippen LogP contribution in [0.1, 0.15) is 79.1 Å². The summed E-state index contributed by atoms with van der Waals surface area (Å²) < 4.78 is 2.13. The molecule has 0 radical (unpaired) electrons. The van der Waals surface area contributed by atoms with Gasteiger partial charge in [0, 0.05) is 53.4 Å². The molecule has 2 aromatic heterocycles. The lowest BCUT2D eigenvalue weighted by Crippen LogP contribution is -2.30.